The zero-order chi connectivity index (χ0) is 12.6. The fourth-order valence-electron chi connectivity index (χ4n) is 2.02. The minimum Gasteiger partial charge on any atom is -0.432 e. The lowest BCUT2D eigenvalue weighted by Crippen LogP contribution is -2.33. The summed E-state index contributed by atoms with van der Waals surface area (Å²) in [6, 6.07) is 0. The van der Waals surface area contributed by atoms with E-state index in [9.17, 15) is 14.4 Å². The number of esters is 1. The quantitative estimate of drug-likeness (QED) is 0.521. The van der Waals surface area contributed by atoms with E-state index in [1.165, 1.54) is 4.90 Å². The molecule has 0 bridgehead atoms. The van der Waals surface area contributed by atoms with Gasteiger partial charge in [0.25, 0.3) is 0 Å². The van der Waals surface area contributed by atoms with E-state index in [1.807, 2.05) is 0 Å². The minimum absolute atomic E-state index is 0.180. The Morgan fingerprint density at radius 3 is 2.29 bits per heavy atom. The fourth-order valence-corrected chi connectivity index (χ4v) is 2.02. The van der Waals surface area contributed by atoms with Crippen molar-refractivity contribution in [1.82, 2.24) is 4.90 Å². The van der Waals surface area contributed by atoms with Crippen LogP contribution in [0.4, 0.5) is 0 Å². The highest BCUT2D eigenvalue weighted by molar-refractivity contribution is 6.01. The van der Waals surface area contributed by atoms with Gasteiger partial charge in [-0.25, -0.2) is 4.79 Å². The van der Waals surface area contributed by atoms with Gasteiger partial charge in [-0.15, -0.1) is 0 Å². The molecule has 0 aromatic heterocycles. The maximum absolute atomic E-state index is 11.4. The molecule has 2 amide bonds. The number of carbonyl (C=O) groups excluding carboxylic acids is 3. The van der Waals surface area contributed by atoms with Crippen LogP contribution in [-0.4, -0.2) is 41.1 Å². The first-order chi connectivity index (χ1) is 7.89. The van der Waals surface area contributed by atoms with Crippen molar-refractivity contribution in [2.45, 2.75) is 45.0 Å². The highest BCUT2D eigenvalue weighted by Crippen LogP contribution is 2.26. The molecule has 0 spiro atoms. The maximum atomic E-state index is 11.4. The van der Waals surface area contributed by atoms with E-state index < -0.39 is 17.9 Å². The van der Waals surface area contributed by atoms with Crippen molar-refractivity contribution in [3.63, 3.8) is 0 Å². The summed E-state index contributed by atoms with van der Waals surface area (Å²) in [6.45, 7) is 3.52. The van der Waals surface area contributed by atoms with E-state index in [4.69, 9.17) is 9.47 Å². The summed E-state index contributed by atoms with van der Waals surface area (Å²) < 4.78 is 10.4. The fraction of sp³-hybridized carbons (Fsp3) is 0.727. The van der Waals surface area contributed by atoms with Crippen molar-refractivity contribution in [1.29, 1.82) is 0 Å². The van der Waals surface area contributed by atoms with Crippen LogP contribution in [0.5, 0.6) is 0 Å². The first kappa shape index (κ1) is 12.0. The molecular weight excluding hydrogens is 226 g/mol. The Labute approximate surface area is 98.8 Å². The molecule has 0 radical (unpaired) electrons. The molecule has 6 heteroatoms. The van der Waals surface area contributed by atoms with E-state index in [2.05, 4.69) is 0 Å². The highest BCUT2D eigenvalue weighted by Gasteiger charge is 2.41. The van der Waals surface area contributed by atoms with Crippen molar-refractivity contribution in [2.75, 3.05) is 6.54 Å². The molecule has 0 aromatic rings. The number of likely N-dealkylation sites (tertiary alicyclic amines) is 1. The second-order valence-corrected chi connectivity index (χ2v) is 4.66. The van der Waals surface area contributed by atoms with Crippen LogP contribution in [0.15, 0.2) is 0 Å². The Morgan fingerprint density at radius 1 is 1.24 bits per heavy atom. The number of hydrogen-bond donors (Lipinski definition) is 0. The zero-order valence-corrected chi connectivity index (χ0v) is 9.89. The summed E-state index contributed by atoms with van der Waals surface area (Å²) >= 11 is 0. The SMILES string of the molecule is CC1(C)OC(=O)C(CCN2C(=O)CCC2=O)O1. The number of imide groups is 1. The van der Waals surface area contributed by atoms with Gasteiger partial charge in [0.2, 0.25) is 17.6 Å². The summed E-state index contributed by atoms with van der Waals surface area (Å²) in [5.41, 5.74) is 0. The lowest BCUT2D eigenvalue weighted by atomic mass is 10.2. The molecule has 0 saturated carbocycles. The summed E-state index contributed by atoms with van der Waals surface area (Å²) in [5.74, 6) is -1.71. The van der Waals surface area contributed by atoms with E-state index in [0.29, 0.717) is 6.42 Å². The number of rotatable bonds is 3. The molecule has 6 nitrogen and oxygen atoms in total. The van der Waals surface area contributed by atoms with Crippen LogP contribution in [0.1, 0.15) is 33.1 Å². The zero-order valence-electron chi connectivity index (χ0n) is 9.89. The van der Waals surface area contributed by atoms with Crippen LogP contribution in [0.25, 0.3) is 0 Å². The van der Waals surface area contributed by atoms with E-state index in [0.717, 1.165) is 0 Å². The molecule has 0 aromatic carbocycles. The largest absolute Gasteiger partial charge is 0.432 e. The van der Waals surface area contributed by atoms with Gasteiger partial charge in [-0.1, -0.05) is 0 Å². The smallest absolute Gasteiger partial charge is 0.337 e. The van der Waals surface area contributed by atoms with Crippen LogP contribution in [0, 0.1) is 0 Å². The molecule has 0 aliphatic carbocycles. The van der Waals surface area contributed by atoms with Gasteiger partial charge < -0.3 is 9.47 Å². The van der Waals surface area contributed by atoms with Gasteiger partial charge in [0.05, 0.1) is 0 Å². The first-order valence-electron chi connectivity index (χ1n) is 5.63. The molecule has 1 unspecified atom stereocenters. The number of carbonyl (C=O) groups is 3. The van der Waals surface area contributed by atoms with Crippen molar-refractivity contribution in [2.24, 2.45) is 0 Å². The van der Waals surface area contributed by atoms with Crippen LogP contribution in [0.2, 0.25) is 0 Å². The lowest BCUT2D eigenvalue weighted by molar-refractivity contribution is -0.160. The summed E-state index contributed by atoms with van der Waals surface area (Å²) in [7, 11) is 0. The molecule has 1 atom stereocenters. The molecule has 2 rings (SSSR count). The Balaban J connectivity index is 1.89. The number of ether oxygens (including phenoxy) is 2. The second-order valence-electron chi connectivity index (χ2n) is 4.66. The van der Waals surface area contributed by atoms with E-state index in [1.54, 1.807) is 13.8 Å². The highest BCUT2D eigenvalue weighted by atomic mass is 16.8. The third kappa shape index (κ3) is 2.46. The number of hydrogen-bond acceptors (Lipinski definition) is 5. The van der Waals surface area contributed by atoms with Crippen molar-refractivity contribution < 1.29 is 23.9 Å². The Hall–Kier alpha value is -1.43. The molecular formula is C11H15NO5. The van der Waals surface area contributed by atoms with Crippen LogP contribution in [-0.2, 0) is 23.9 Å². The monoisotopic (exact) mass is 241 g/mol. The van der Waals surface area contributed by atoms with Gasteiger partial charge in [-0.2, -0.15) is 0 Å². The molecule has 2 aliphatic rings. The summed E-state index contributed by atoms with van der Waals surface area (Å²) in [6.07, 6.45) is 0.131. The van der Waals surface area contributed by atoms with Crippen molar-refractivity contribution in [3.8, 4) is 0 Å². The van der Waals surface area contributed by atoms with Gasteiger partial charge in [0.1, 0.15) is 0 Å². The van der Waals surface area contributed by atoms with Gasteiger partial charge in [-0.05, 0) is 0 Å². The summed E-state index contributed by atoms with van der Waals surface area (Å²) in [4.78, 5) is 35.3. The Morgan fingerprint density at radius 2 is 1.82 bits per heavy atom. The third-order valence-electron chi connectivity index (χ3n) is 2.81. The molecule has 2 fully saturated rings. The molecule has 2 aliphatic heterocycles. The number of amides is 2. The molecule has 94 valence electrons. The topological polar surface area (TPSA) is 72.9 Å². The average molecular weight is 241 g/mol. The lowest BCUT2D eigenvalue weighted by Gasteiger charge is -2.17. The first-order valence-corrected chi connectivity index (χ1v) is 5.63. The standard InChI is InChI=1S/C11H15NO5/c1-11(2)16-7(10(15)17-11)5-6-12-8(13)3-4-9(12)14/h7H,3-6H2,1-2H3. The molecule has 2 heterocycles. The van der Waals surface area contributed by atoms with Gasteiger partial charge in [0.15, 0.2) is 6.10 Å². The van der Waals surface area contributed by atoms with E-state index >= 15 is 0 Å². The Bertz CT molecular complexity index is 360. The number of cyclic esters (lactones) is 1. The van der Waals surface area contributed by atoms with Gasteiger partial charge in [-0.3, -0.25) is 14.5 Å². The van der Waals surface area contributed by atoms with E-state index in [-0.39, 0.29) is 31.2 Å². The third-order valence-corrected chi connectivity index (χ3v) is 2.81. The van der Waals surface area contributed by atoms with Crippen molar-refractivity contribution in [3.05, 3.63) is 0 Å². The average Bonchev–Trinajstić information content (AvgIpc) is 2.65. The molecule has 0 N–H and O–H groups in total. The second kappa shape index (κ2) is 4.10. The van der Waals surface area contributed by atoms with Gasteiger partial charge >= 0.3 is 5.97 Å². The van der Waals surface area contributed by atoms with Crippen LogP contribution < -0.4 is 0 Å². The number of nitrogens with zero attached hydrogens (tertiary/aromatic N) is 1. The molecule has 2 saturated heterocycles. The van der Waals surface area contributed by atoms with Crippen LogP contribution in [0.3, 0.4) is 0 Å². The predicted octanol–water partition coefficient (Wildman–Crippen LogP) is 0.204. The minimum atomic E-state index is -0.916. The Kier molecular flexibility index (Phi) is 2.91. The normalized spacial score (nSPS) is 27.8. The van der Waals surface area contributed by atoms with Crippen LogP contribution >= 0.6 is 0 Å². The maximum Gasteiger partial charge on any atom is 0.337 e. The van der Waals surface area contributed by atoms with Gasteiger partial charge in [0, 0.05) is 39.7 Å². The molecule has 17 heavy (non-hydrogen) atoms. The van der Waals surface area contributed by atoms with Crippen molar-refractivity contribution >= 4 is 17.8 Å². The summed E-state index contributed by atoms with van der Waals surface area (Å²) in [5, 5.41) is 0. The predicted molar refractivity (Wildman–Crippen MR) is 55.6 cm³/mol.